The van der Waals surface area contributed by atoms with Gasteiger partial charge in [-0.15, -0.1) is 11.3 Å². The van der Waals surface area contributed by atoms with Gasteiger partial charge < -0.3 is 14.5 Å². The number of hydrogen-bond acceptors (Lipinski definition) is 5. The number of hydrogen-bond donors (Lipinski definition) is 1. The van der Waals surface area contributed by atoms with Gasteiger partial charge in [0.15, 0.2) is 10.8 Å². The molecule has 0 atom stereocenters. The second kappa shape index (κ2) is 9.15. The van der Waals surface area contributed by atoms with Crippen LogP contribution in [0.5, 0.6) is 0 Å². The summed E-state index contributed by atoms with van der Waals surface area (Å²) in [5, 5.41) is 5.58. The van der Waals surface area contributed by atoms with Gasteiger partial charge >= 0.3 is 0 Å². The summed E-state index contributed by atoms with van der Waals surface area (Å²) >= 11 is 1.48. The fourth-order valence-corrected chi connectivity index (χ4v) is 3.08. The summed E-state index contributed by atoms with van der Waals surface area (Å²) in [5.74, 6) is 0.701. The summed E-state index contributed by atoms with van der Waals surface area (Å²) in [6.45, 7) is 1.82. The Morgan fingerprint density at radius 3 is 2.88 bits per heavy atom. The number of nitrogens with one attached hydrogen (secondary N) is 1. The van der Waals surface area contributed by atoms with Crippen LogP contribution in [0.1, 0.15) is 17.7 Å². The SMILES string of the molecule is O=C(Cc1csc(-c2ccco2)n1)NCCCOCc1ccccc1. The number of rotatable bonds is 9. The normalized spacial score (nSPS) is 10.7. The highest BCUT2D eigenvalue weighted by Crippen LogP contribution is 2.23. The van der Waals surface area contributed by atoms with Crippen LogP contribution in [0.3, 0.4) is 0 Å². The van der Waals surface area contributed by atoms with Crippen LogP contribution in [-0.4, -0.2) is 24.0 Å². The Labute approximate surface area is 150 Å². The highest BCUT2D eigenvalue weighted by molar-refractivity contribution is 7.13. The van der Waals surface area contributed by atoms with Crippen molar-refractivity contribution in [1.82, 2.24) is 10.3 Å². The molecule has 0 bridgehead atoms. The van der Waals surface area contributed by atoms with Crippen LogP contribution in [0, 0.1) is 0 Å². The highest BCUT2D eigenvalue weighted by atomic mass is 32.1. The fourth-order valence-electron chi connectivity index (χ4n) is 2.29. The number of benzene rings is 1. The molecule has 130 valence electrons. The van der Waals surface area contributed by atoms with Crippen LogP contribution in [-0.2, 0) is 22.6 Å². The van der Waals surface area contributed by atoms with Gasteiger partial charge in [-0.25, -0.2) is 4.98 Å². The van der Waals surface area contributed by atoms with Gasteiger partial charge in [0.05, 0.1) is 25.0 Å². The molecule has 0 unspecified atom stereocenters. The molecule has 0 saturated heterocycles. The maximum absolute atomic E-state index is 12.0. The van der Waals surface area contributed by atoms with Gasteiger partial charge in [-0.2, -0.15) is 0 Å². The highest BCUT2D eigenvalue weighted by Gasteiger charge is 2.10. The lowest BCUT2D eigenvalue weighted by molar-refractivity contribution is -0.120. The Morgan fingerprint density at radius 1 is 1.20 bits per heavy atom. The zero-order valence-corrected chi connectivity index (χ0v) is 14.6. The van der Waals surface area contributed by atoms with E-state index in [0.29, 0.717) is 19.8 Å². The van der Waals surface area contributed by atoms with Crippen molar-refractivity contribution in [2.24, 2.45) is 0 Å². The molecule has 3 aromatic rings. The van der Waals surface area contributed by atoms with Crippen molar-refractivity contribution in [3.8, 4) is 10.8 Å². The standard InChI is InChI=1S/C19H20N2O3S/c22-18(12-16-14-25-19(21-16)17-8-4-11-24-17)20-9-5-10-23-13-15-6-2-1-3-7-15/h1-4,6-8,11,14H,5,9-10,12-13H2,(H,20,22). The monoisotopic (exact) mass is 356 g/mol. The van der Waals surface area contributed by atoms with E-state index in [0.717, 1.165) is 28.4 Å². The summed E-state index contributed by atoms with van der Waals surface area (Å²) in [5.41, 5.74) is 1.91. The van der Waals surface area contributed by atoms with Gasteiger partial charge in [0.25, 0.3) is 0 Å². The van der Waals surface area contributed by atoms with E-state index in [1.54, 1.807) is 6.26 Å². The van der Waals surface area contributed by atoms with E-state index in [9.17, 15) is 4.79 Å². The summed E-state index contributed by atoms with van der Waals surface area (Å²) in [7, 11) is 0. The van der Waals surface area contributed by atoms with Gasteiger partial charge in [-0.1, -0.05) is 30.3 Å². The number of carbonyl (C=O) groups excluding carboxylic acids is 1. The van der Waals surface area contributed by atoms with Gasteiger partial charge in [0.2, 0.25) is 5.91 Å². The van der Waals surface area contributed by atoms with Crippen molar-refractivity contribution in [3.05, 3.63) is 65.4 Å². The molecule has 0 aliphatic heterocycles. The minimum atomic E-state index is -0.0284. The summed E-state index contributed by atoms with van der Waals surface area (Å²) in [6, 6.07) is 13.7. The molecular weight excluding hydrogens is 336 g/mol. The van der Waals surface area contributed by atoms with E-state index < -0.39 is 0 Å². The van der Waals surface area contributed by atoms with Crippen LogP contribution in [0.15, 0.2) is 58.5 Å². The molecule has 0 saturated carbocycles. The van der Waals surface area contributed by atoms with Crippen LogP contribution < -0.4 is 5.32 Å². The van der Waals surface area contributed by atoms with Gasteiger partial charge in [-0.3, -0.25) is 4.79 Å². The number of aromatic nitrogens is 1. The predicted molar refractivity (Wildman–Crippen MR) is 97.2 cm³/mol. The van der Waals surface area contributed by atoms with Crippen molar-refractivity contribution in [1.29, 1.82) is 0 Å². The maximum Gasteiger partial charge on any atom is 0.226 e. The zero-order valence-electron chi connectivity index (χ0n) is 13.8. The minimum Gasteiger partial charge on any atom is -0.462 e. The number of thiazole rings is 1. The molecule has 0 aliphatic rings. The fraction of sp³-hybridized carbons (Fsp3) is 0.263. The Morgan fingerprint density at radius 2 is 2.08 bits per heavy atom. The number of amides is 1. The lowest BCUT2D eigenvalue weighted by atomic mass is 10.2. The Balaban J connectivity index is 1.31. The zero-order chi connectivity index (χ0) is 17.3. The molecule has 5 nitrogen and oxygen atoms in total. The molecule has 1 amide bonds. The summed E-state index contributed by atoms with van der Waals surface area (Å²) in [4.78, 5) is 16.4. The maximum atomic E-state index is 12.0. The minimum absolute atomic E-state index is 0.0284. The van der Waals surface area contributed by atoms with Gasteiger partial charge in [0, 0.05) is 18.5 Å². The molecule has 2 heterocycles. The number of carbonyl (C=O) groups is 1. The first kappa shape index (κ1) is 17.4. The number of ether oxygens (including phenoxy) is 1. The van der Waals surface area contributed by atoms with Crippen LogP contribution in [0.2, 0.25) is 0 Å². The molecule has 0 spiro atoms. The van der Waals surface area contributed by atoms with Crippen molar-refractivity contribution in [3.63, 3.8) is 0 Å². The van der Waals surface area contributed by atoms with E-state index in [-0.39, 0.29) is 12.3 Å². The molecule has 0 fully saturated rings. The lowest BCUT2D eigenvalue weighted by Crippen LogP contribution is -2.26. The van der Waals surface area contributed by atoms with Crippen LogP contribution in [0.25, 0.3) is 10.8 Å². The first-order valence-electron chi connectivity index (χ1n) is 8.18. The third-order valence-corrected chi connectivity index (χ3v) is 4.43. The van der Waals surface area contributed by atoms with Gasteiger partial charge in [0.1, 0.15) is 0 Å². The van der Waals surface area contributed by atoms with Crippen LogP contribution in [0.4, 0.5) is 0 Å². The molecule has 1 aromatic carbocycles. The Kier molecular flexibility index (Phi) is 6.36. The van der Waals surface area contributed by atoms with E-state index in [2.05, 4.69) is 10.3 Å². The van der Waals surface area contributed by atoms with Crippen LogP contribution >= 0.6 is 11.3 Å². The first-order chi connectivity index (χ1) is 12.3. The molecular formula is C19H20N2O3S. The molecule has 0 radical (unpaired) electrons. The smallest absolute Gasteiger partial charge is 0.226 e. The van der Waals surface area contributed by atoms with E-state index in [1.165, 1.54) is 11.3 Å². The second-order valence-corrected chi connectivity index (χ2v) is 6.40. The van der Waals surface area contributed by atoms with E-state index >= 15 is 0 Å². The molecule has 1 N–H and O–H groups in total. The average Bonchev–Trinajstić information content (AvgIpc) is 3.30. The van der Waals surface area contributed by atoms with E-state index in [1.807, 2.05) is 47.8 Å². The molecule has 2 aromatic heterocycles. The Bertz CT molecular complexity index is 769. The molecule has 3 rings (SSSR count). The van der Waals surface area contributed by atoms with Crippen molar-refractivity contribution >= 4 is 17.2 Å². The van der Waals surface area contributed by atoms with E-state index in [4.69, 9.17) is 9.15 Å². The lowest BCUT2D eigenvalue weighted by Gasteiger charge is -2.06. The number of nitrogens with zero attached hydrogens (tertiary/aromatic N) is 1. The molecule has 0 aliphatic carbocycles. The molecule has 6 heteroatoms. The average molecular weight is 356 g/mol. The van der Waals surface area contributed by atoms with Crippen molar-refractivity contribution < 1.29 is 13.9 Å². The summed E-state index contributed by atoms with van der Waals surface area (Å²) in [6.07, 6.45) is 2.68. The topological polar surface area (TPSA) is 64.4 Å². The van der Waals surface area contributed by atoms with Crippen molar-refractivity contribution in [2.45, 2.75) is 19.4 Å². The second-order valence-electron chi connectivity index (χ2n) is 5.54. The quantitative estimate of drug-likeness (QED) is 0.594. The summed E-state index contributed by atoms with van der Waals surface area (Å²) < 4.78 is 10.9. The first-order valence-corrected chi connectivity index (χ1v) is 9.06. The third-order valence-electron chi connectivity index (χ3n) is 3.52. The van der Waals surface area contributed by atoms with Gasteiger partial charge in [-0.05, 0) is 24.1 Å². The third kappa shape index (κ3) is 5.55. The molecule has 25 heavy (non-hydrogen) atoms. The van der Waals surface area contributed by atoms with Crippen molar-refractivity contribution in [2.75, 3.05) is 13.2 Å². The number of furan rings is 1. The predicted octanol–water partition coefficient (Wildman–Crippen LogP) is 3.67. The largest absolute Gasteiger partial charge is 0.462 e. The Hall–Kier alpha value is -2.44.